The van der Waals surface area contributed by atoms with Gasteiger partial charge in [-0.3, -0.25) is 4.99 Å². The molecule has 8 nitrogen and oxygen atoms in total. The van der Waals surface area contributed by atoms with E-state index in [0.29, 0.717) is 19.7 Å². The zero-order valence-corrected chi connectivity index (χ0v) is 21.1. The number of carbonyl (C=O) groups is 1. The molecule has 1 atom stereocenters. The number of nitrogens with one attached hydrogen (secondary N) is 2. The lowest BCUT2D eigenvalue weighted by molar-refractivity contribution is 0.0507. The molecule has 0 radical (unpaired) electrons. The van der Waals surface area contributed by atoms with Gasteiger partial charge >= 0.3 is 6.09 Å². The van der Waals surface area contributed by atoms with Crippen LogP contribution in [0.25, 0.3) is 0 Å². The van der Waals surface area contributed by atoms with Crippen LogP contribution in [-0.2, 0) is 11.3 Å². The van der Waals surface area contributed by atoms with E-state index in [2.05, 4.69) is 20.5 Å². The largest absolute Gasteiger partial charge is 0.493 e. The van der Waals surface area contributed by atoms with Gasteiger partial charge in [-0.1, -0.05) is 6.07 Å². The molecule has 0 spiro atoms. The standard InChI is InChI=1S/C21H34N4O4.HI/c1-7-28-18-12-15(8-9-17(18)27-6)13-23-19(22-5)25-11-10-16(14-25)24-20(26)29-21(2,3)4;/h8-9,12,16H,7,10-11,13-14H2,1-6H3,(H,22,23)(H,24,26);1H. The average Bonchev–Trinajstić information content (AvgIpc) is 3.09. The topological polar surface area (TPSA) is 84.4 Å². The lowest BCUT2D eigenvalue weighted by Crippen LogP contribution is -2.44. The Kier molecular flexibility index (Phi) is 10.5. The van der Waals surface area contributed by atoms with Gasteiger partial charge in [0, 0.05) is 26.7 Å². The molecule has 0 saturated carbocycles. The Bertz CT molecular complexity index is 721. The second-order valence-electron chi connectivity index (χ2n) is 7.90. The van der Waals surface area contributed by atoms with Crippen LogP contribution in [0.3, 0.4) is 0 Å². The summed E-state index contributed by atoms with van der Waals surface area (Å²) in [5.74, 6) is 2.25. The molecule has 0 bridgehead atoms. The van der Waals surface area contributed by atoms with Gasteiger partial charge in [0.25, 0.3) is 0 Å². The minimum absolute atomic E-state index is 0. The number of nitrogens with zero attached hydrogens (tertiary/aromatic N) is 2. The number of aliphatic imine (C=N–C) groups is 1. The van der Waals surface area contributed by atoms with E-state index in [-0.39, 0.29) is 36.1 Å². The molecule has 1 amide bonds. The van der Waals surface area contributed by atoms with E-state index in [1.54, 1.807) is 14.2 Å². The van der Waals surface area contributed by atoms with Crippen LogP contribution in [0, 0.1) is 0 Å². The molecule has 1 aromatic carbocycles. The number of rotatable bonds is 6. The fourth-order valence-electron chi connectivity index (χ4n) is 3.16. The van der Waals surface area contributed by atoms with Crippen molar-refractivity contribution in [2.24, 2.45) is 4.99 Å². The van der Waals surface area contributed by atoms with Gasteiger partial charge in [0.15, 0.2) is 17.5 Å². The number of methoxy groups -OCH3 is 1. The first kappa shape index (κ1) is 26.1. The molecule has 1 unspecified atom stereocenters. The molecule has 2 N–H and O–H groups in total. The van der Waals surface area contributed by atoms with Crippen molar-refractivity contribution >= 4 is 36.0 Å². The summed E-state index contributed by atoms with van der Waals surface area (Å²) in [6.45, 7) is 10.2. The van der Waals surface area contributed by atoms with Crippen LogP contribution in [-0.4, -0.2) is 62.4 Å². The molecule has 0 aromatic heterocycles. The van der Waals surface area contributed by atoms with E-state index in [1.165, 1.54) is 0 Å². The first-order valence-corrected chi connectivity index (χ1v) is 10.0. The Morgan fingerprint density at radius 3 is 2.63 bits per heavy atom. The van der Waals surface area contributed by atoms with Gasteiger partial charge in [0.1, 0.15) is 5.60 Å². The molecule has 0 aliphatic carbocycles. The van der Waals surface area contributed by atoms with E-state index in [1.807, 2.05) is 45.9 Å². The first-order valence-electron chi connectivity index (χ1n) is 10.0. The van der Waals surface area contributed by atoms with Gasteiger partial charge < -0.3 is 29.7 Å². The highest BCUT2D eigenvalue weighted by molar-refractivity contribution is 14.0. The quantitative estimate of drug-likeness (QED) is 0.331. The smallest absolute Gasteiger partial charge is 0.407 e. The number of halogens is 1. The van der Waals surface area contributed by atoms with Crippen LogP contribution in [0.1, 0.15) is 39.7 Å². The van der Waals surface area contributed by atoms with Crippen LogP contribution < -0.4 is 20.1 Å². The van der Waals surface area contributed by atoms with Gasteiger partial charge in [-0.15, -0.1) is 24.0 Å². The second-order valence-corrected chi connectivity index (χ2v) is 7.90. The SMILES string of the molecule is CCOc1cc(CNC(=NC)N2CCC(NC(=O)OC(C)(C)C)C2)ccc1OC.I. The maximum Gasteiger partial charge on any atom is 0.407 e. The Hall–Kier alpha value is -1.91. The molecule has 1 heterocycles. The van der Waals surface area contributed by atoms with Gasteiger partial charge in [0.05, 0.1) is 19.8 Å². The van der Waals surface area contributed by atoms with Gasteiger partial charge in [-0.2, -0.15) is 0 Å². The Morgan fingerprint density at radius 2 is 2.03 bits per heavy atom. The van der Waals surface area contributed by atoms with Gasteiger partial charge in [0.2, 0.25) is 0 Å². The third-order valence-corrected chi connectivity index (χ3v) is 4.40. The molecule has 1 fully saturated rings. The summed E-state index contributed by atoms with van der Waals surface area (Å²) >= 11 is 0. The lowest BCUT2D eigenvalue weighted by atomic mass is 10.2. The zero-order valence-electron chi connectivity index (χ0n) is 18.8. The molecule has 1 aromatic rings. The van der Waals surface area contributed by atoms with E-state index in [4.69, 9.17) is 14.2 Å². The van der Waals surface area contributed by atoms with Crippen molar-refractivity contribution in [3.63, 3.8) is 0 Å². The molecule has 1 saturated heterocycles. The van der Waals surface area contributed by atoms with E-state index in [9.17, 15) is 4.79 Å². The average molecular weight is 534 g/mol. The number of ether oxygens (including phenoxy) is 3. The van der Waals surface area contributed by atoms with Crippen LogP contribution >= 0.6 is 24.0 Å². The highest BCUT2D eigenvalue weighted by atomic mass is 127. The van der Waals surface area contributed by atoms with Crippen molar-refractivity contribution in [2.45, 2.75) is 52.3 Å². The van der Waals surface area contributed by atoms with Gasteiger partial charge in [-0.25, -0.2) is 4.79 Å². The predicted octanol–water partition coefficient (Wildman–Crippen LogP) is 3.39. The van der Waals surface area contributed by atoms with Crippen LogP contribution in [0.2, 0.25) is 0 Å². The summed E-state index contributed by atoms with van der Waals surface area (Å²) in [5, 5.41) is 6.32. The fourth-order valence-corrected chi connectivity index (χ4v) is 3.16. The number of carbonyl (C=O) groups excluding carboxylic acids is 1. The Labute approximate surface area is 196 Å². The van der Waals surface area contributed by atoms with Crippen molar-refractivity contribution in [2.75, 3.05) is 33.9 Å². The summed E-state index contributed by atoms with van der Waals surface area (Å²) < 4.78 is 16.3. The van der Waals surface area contributed by atoms with E-state index >= 15 is 0 Å². The highest BCUT2D eigenvalue weighted by Crippen LogP contribution is 2.28. The van der Waals surface area contributed by atoms with Crippen molar-refractivity contribution < 1.29 is 19.0 Å². The number of benzene rings is 1. The Balaban J connectivity index is 0.00000450. The minimum atomic E-state index is -0.501. The maximum absolute atomic E-state index is 12.0. The maximum atomic E-state index is 12.0. The third kappa shape index (κ3) is 8.08. The summed E-state index contributed by atoms with van der Waals surface area (Å²) in [4.78, 5) is 18.5. The van der Waals surface area contributed by atoms with Gasteiger partial charge in [-0.05, 0) is 51.8 Å². The number of amides is 1. The summed E-state index contributed by atoms with van der Waals surface area (Å²) in [7, 11) is 3.39. The van der Waals surface area contributed by atoms with Crippen molar-refractivity contribution in [1.82, 2.24) is 15.5 Å². The summed E-state index contributed by atoms with van der Waals surface area (Å²) in [5.41, 5.74) is 0.566. The highest BCUT2D eigenvalue weighted by Gasteiger charge is 2.27. The zero-order chi connectivity index (χ0) is 21.4. The molecule has 30 heavy (non-hydrogen) atoms. The second kappa shape index (κ2) is 12.1. The molecule has 1 aliphatic rings. The molecular weight excluding hydrogens is 499 g/mol. The molecule has 1 aliphatic heterocycles. The third-order valence-electron chi connectivity index (χ3n) is 4.40. The number of alkyl carbamates (subject to hydrolysis) is 1. The normalized spacial score (nSPS) is 16.5. The molecule has 2 rings (SSSR count). The van der Waals surface area contributed by atoms with E-state index < -0.39 is 5.60 Å². The van der Waals surface area contributed by atoms with Crippen molar-refractivity contribution in [1.29, 1.82) is 0 Å². The van der Waals surface area contributed by atoms with Crippen LogP contribution in [0.5, 0.6) is 11.5 Å². The lowest BCUT2D eigenvalue weighted by Gasteiger charge is -2.23. The summed E-state index contributed by atoms with van der Waals surface area (Å²) in [6, 6.07) is 5.91. The first-order chi connectivity index (χ1) is 13.8. The minimum Gasteiger partial charge on any atom is -0.493 e. The number of hydrogen-bond acceptors (Lipinski definition) is 5. The molecule has 9 heteroatoms. The van der Waals surface area contributed by atoms with E-state index in [0.717, 1.165) is 36.0 Å². The number of guanidine groups is 1. The predicted molar refractivity (Wildman–Crippen MR) is 129 cm³/mol. The fraction of sp³-hybridized carbons (Fsp3) is 0.619. The molecular formula is C21H35IN4O4. The Morgan fingerprint density at radius 1 is 1.30 bits per heavy atom. The van der Waals surface area contributed by atoms with Crippen LogP contribution in [0.4, 0.5) is 4.79 Å². The molecule has 170 valence electrons. The number of hydrogen-bond donors (Lipinski definition) is 2. The number of likely N-dealkylation sites (tertiary alicyclic amines) is 1. The van der Waals surface area contributed by atoms with Crippen LogP contribution in [0.15, 0.2) is 23.2 Å². The van der Waals surface area contributed by atoms with Crippen molar-refractivity contribution in [3.8, 4) is 11.5 Å². The van der Waals surface area contributed by atoms with Crippen molar-refractivity contribution in [3.05, 3.63) is 23.8 Å². The monoisotopic (exact) mass is 534 g/mol. The summed E-state index contributed by atoms with van der Waals surface area (Å²) in [6.07, 6.45) is 0.464.